The molecule has 0 unspecified atom stereocenters. The number of hydrogen-bond donors (Lipinski definition) is 0. The number of esters is 1. The summed E-state index contributed by atoms with van der Waals surface area (Å²) in [6, 6.07) is 3.21. The lowest BCUT2D eigenvalue weighted by atomic mass is 10.3. The second-order valence-electron chi connectivity index (χ2n) is 3.12. The molecule has 0 saturated carbocycles. The molecule has 4 nitrogen and oxygen atoms in total. The summed E-state index contributed by atoms with van der Waals surface area (Å²) in [5.41, 5.74) is 1.20. The number of hydrogen-bond acceptors (Lipinski definition) is 4. The van der Waals surface area contributed by atoms with Gasteiger partial charge in [0, 0.05) is 12.3 Å². The van der Waals surface area contributed by atoms with Gasteiger partial charge >= 0.3 is 5.97 Å². The third-order valence-corrected chi connectivity index (χ3v) is 1.63. The molecule has 0 aromatic carbocycles. The molecule has 0 atom stereocenters. The van der Waals surface area contributed by atoms with Gasteiger partial charge in [-0.1, -0.05) is 6.58 Å². The van der Waals surface area contributed by atoms with Crippen LogP contribution in [0.3, 0.4) is 0 Å². The Balaban J connectivity index is 2.62. The predicted molar refractivity (Wildman–Crippen MR) is 55.9 cm³/mol. The fraction of sp³-hybridized carbons (Fsp3) is 0.273. The maximum absolute atomic E-state index is 11.4. The first-order valence-corrected chi connectivity index (χ1v) is 4.45. The summed E-state index contributed by atoms with van der Waals surface area (Å²) in [5.74, 6) is 0.0552. The van der Waals surface area contributed by atoms with E-state index in [1.165, 1.54) is 13.3 Å². The van der Waals surface area contributed by atoms with E-state index in [0.29, 0.717) is 11.4 Å². The minimum Gasteiger partial charge on any atom is -0.481 e. The zero-order valence-electron chi connectivity index (χ0n) is 8.82. The summed E-state index contributed by atoms with van der Waals surface area (Å²) in [6.07, 6.45) is 1.42. The standard InChI is InChI=1S/C11H13NO3/c1-8(2)7-15-11(13)9-4-5-10(14-3)12-6-9/h4-6H,1,7H2,2-3H3. The SMILES string of the molecule is C=C(C)COC(=O)c1ccc(OC)nc1. The number of aromatic nitrogens is 1. The summed E-state index contributed by atoms with van der Waals surface area (Å²) in [6.45, 7) is 5.65. The van der Waals surface area contributed by atoms with Crippen LogP contribution in [0.1, 0.15) is 17.3 Å². The number of carbonyl (C=O) groups is 1. The molecule has 1 aromatic heterocycles. The Bertz CT molecular complexity index is 357. The van der Waals surface area contributed by atoms with Crippen LogP contribution in [0, 0.1) is 0 Å². The molecule has 0 fully saturated rings. The fourth-order valence-corrected chi connectivity index (χ4v) is 0.894. The molecule has 0 radical (unpaired) electrons. The molecule has 0 bridgehead atoms. The molecular formula is C11H13NO3. The molecule has 0 spiro atoms. The van der Waals surface area contributed by atoms with Crippen LogP contribution in [0.15, 0.2) is 30.5 Å². The van der Waals surface area contributed by atoms with Gasteiger partial charge in [-0.05, 0) is 18.6 Å². The summed E-state index contributed by atoms with van der Waals surface area (Å²) < 4.78 is 9.81. The van der Waals surface area contributed by atoms with Crippen LogP contribution in [-0.4, -0.2) is 24.7 Å². The van der Waals surface area contributed by atoms with Gasteiger partial charge in [0.25, 0.3) is 0 Å². The maximum Gasteiger partial charge on any atom is 0.340 e. The third-order valence-electron chi connectivity index (χ3n) is 1.63. The zero-order valence-corrected chi connectivity index (χ0v) is 8.82. The van der Waals surface area contributed by atoms with Crippen molar-refractivity contribution in [2.45, 2.75) is 6.92 Å². The van der Waals surface area contributed by atoms with E-state index in [1.54, 1.807) is 19.1 Å². The minimum atomic E-state index is -0.409. The Morgan fingerprint density at radius 3 is 2.73 bits per heavy atom. The maximum atomic E-state index is 11.4. The Hall–Kier alpha value is -1.84. The number of nitrogens with zero attached hydrogens (tertiary/aromatic N) is 1. The lowest BCUT2D eigenvalue weighted by Crippen LogP contribution is -2.07. The number of ether oxygens (including phenoxy) is 2. The highest BCUT2D eigenvalue weighted by Gasteiger charge is 2.07. The number of pyridine rings is 1. The summed E-state index contributed by atoms with van der Waals surface area (Å²) >= 11 is 0. The Morgan fingerprint density at radius 2 is 2.27 bits per heavy atom. The molecule has 0 aliphatic heterocycles. The topological polar surface area (TPSA) is 48.4 Å². The first-order chi connectivity index (χ1) is 7.13. The highest BCUT2D eigenvalue weighted by atomic mass is 16.5. The van der Waals surface area contributed by atoms with Crippen molar-refractivity contribution in [2.75, 3.05) is 13.7 Å². The monoisotopic (exact) mass is 207 g/mol. The molecular weight excluding hydrogens is 194 g/mol. The van der Waals surface area contributed by atoms with Crippen molar-refractivity contribution in [1.82, 2.24) is 4.98 Å². The van der Waals surface area contributed by atoms with Crippen molar-refractivity contribution < 1.29 is 14.3 Å². The Kier molecular flexibility index (Phi) is 3.85. The molecule has 15 heavy (non-hydrogen) atoms. The smallest absolute Gasteiger partial charge is 0.340 e. The zero-order chi connectivity index (χ0) is 11.3. The molecule has 0 N–H and O–H groups in total. The quantitative estimate of drug-likeness (QED) is 0.558. The normalized spacial score (nSPS) is 9.47. The molecule has 80 valence electrons. The average molecular weight is 207 g/mol. The van der Waals surface area contributed by atoms with Crippen LogP contribution >= 0.6 is 0 Å². The summed E-state index contributed by atoms with van der Waals surface area (Å²) in [4.78, 5) is 15.3. The van der Waals surface area contributed by atoms with Gasteiger partial charge in [-0.15, -0.1) is 0 Å². The minimum absolute atomic E-state index is 0.227. The van der Waals surface area contributed by atoms with E-state index in [1.807, 2.05) is 0 Å². The molecule has 1 heterocycles. The van der Waals surface area contributed by atoms with Crippen molar-refractivity contribution in [3.63, 3.8) is 0 Å². The second kappa shape index (κ2) is 5.14. The molecule has 1 aromatic rings. The number of carbonyl (C=O) groups excluding carboxylic acids is 1. The Labute approximate surface area is 88.5 Å². The molecule has 0 aliphatic carbocycles. The van der Waals surface area contributed by atoms with Crippen molar-refractivity contribution in [2.24, 2.45) is 0 Å². The van der Waals surface area contributed by atoms with E-state index in [2.05, 4.69) is 11.6 Å². The van der Waals surface area contributed by atoms with Crippen molar-refractivity contribution in [3.8, 4) is 5.88 Å². The second-order valence-corrected chi connectivity index (χ2v) is 3.12. The van der Waals surface area contributed by atoms with Gasteiger partial charge in [0.15, 0.2) is 0 Å². The summed E-state index contributed by atoms with van der Waals surface area (Å²) in [5, 5.41) is 0. The number of methoxy groups -OCH3 is 1. The highest BCUT2D eigenvalue weighted by Crippen LogP contribution is 2.08. The first-order valence-electron chi connectivity index (χ1n) is 4.45. The predicted octanol–water partition coefficient (Wildman–Crippen LogP) is 1.82. The van der Waals surface area contributed by atoms with Crippen molar-refractivity contribution in [1.29, 1.82) is 0 Å². The van der Waals surface area contributed by atoms with E-state index in [4.69, 9.17) is 9.47 Å². The van der Waals surface area contributed by atoms with Gasteiger partial charge in [0.1, 0.15) is 6.61 Å². The van der Waals surface area contributed by atoms with Crippen molar-refractivity contribution >= 4 is 5.97 Å². The van der Waals surface area contributed by atoms with Crippen LogP contribution < -0.4 is 4.74 Å². The van der Waals surface area contributed by atoms with E-state index in [0.717, 1.165) is 5.57 Å². The first kappa shape index (κ1) is 11.2. The van der Waals surface area contributed by atoms with Crippen LogP contribution in [0.25, 0.3) is 0 Å². The molecule has 0 amide bonds. The van der Waals surface area contributed by atoms with Gasteiger partial charge < -0.3 is 9.47 Å². The van der Waals surface area contributed by atoms with Crippen LogP contribution in [-0.2, 0) is 4.74 Å². The molecule has 0 aliphatic rings. The van der Waals surface area contributed by atoms with Crippen LogP contribution in [0.2, 0.25) is 0 Å². The lowest BCUT2D eigenvalue weighted by Gasteiger charge is -2.04. The lowest BCUT2D eigenvalue weighted by molar-refractivity contribution is 0.0540. The third kappa shape index (κ3) is 3.42. The summed E-state index contributed by atoms with van der Waals surface area (Å²) in [7, 11) is 1.52. The van der Waals surface area contributed by atoms with Gasteiger partial charge in [-0.3, -0.25) is 0 Å². The van der Waals surface area contributed by atoms with Gasteiger partial charge in [-0.2, -0.15) is 0 Å². The Morgan fingerprint density at radius 1 is 1.53 bits per heavy atom. The molecule has 1 rings (SSSR count). The van der Waals surface area contributed by atoms with E-state index >= 15 is 0 Å². The molecule has 4 heteroatoms. The highest BCUT2D eigenvalue weighted by molar-refractivity contribution is 5.89. The largest absolute Gasteiger partial charge is 0.481 e. The van der Waals surface area contributed by atoms with E-state index in [9.17, 15) is 4.79 Å². The van der Waals surface area contributed by atoms with Crippen LogP contribution in [0.4, 0.5) is 0 Å². The van der Waals surface area contributed by atoms with Gasteiger partial charge in [0.05, 0.1) is 12.7 Å². The van der Waals surface area contributed by atoms with E-state index in [-0.39, 0.29) is 6.61 Å². The van der Waals surface area contributed by atoms with E-state index < -0.39 is 5.97 Å². The van der Waals surface area contributed by atoms with Crippen LogP contribution in [0.5, 0.6) is 5.88 Å². The fourth-order valence-electron chi connectivity index (χ4n) is 0.894. The van der Waals surface area contributed by atoms with Gasteiger partial charge in [-0.25, -0.2) is 9.78 Å². The number of rotatable bonds is 4. The molecule has 0 saturated heterocycles. The van der Waals surface area contributed by atoms with Gasteiger partial charge in [0.2, 0.25) is 5.88 Å². The average Bonchev–Trinajstić information content (AvgIpc) is 2.26. The van der Waals surface area contributed by atoms with Crippen molar-refractivity contribution in [3.05, 3.63) is 36.0 Å².